The molecule has 1 aliphatic carbocycles. The summed E-state index contributed by atoms with van der Waals surface area (Å²) in [7, 11) is -4.56. The molecule has 2 amide bonds. The summed E-state index contributed by atoms with van der Waals surface area (Å²) in [6.45, 7) is 15.9. The second kappa shape index (κ2) is 25.4. The molecule has 8 rings (SSSR count). The van der Waals surface area contributed by atoms with Gasteiger partial charge >= 0.3 is 12.1 Å². The lowest BCUT2D eigenvalue weighted by Crippen LogP contribution is -2.52. The summed E-state index contributed by atoms with van der Waals surface area (Å²) in [6.07, 6.45) is 2.60. The molecule has 0 saturated carbocycles. The Morgan fingerprint density at radius 3 is 2.13 bits per heavy atom. The maximum atomic E-state index is 13.6. The van der Waals surface area contributed by atoms with E-state index in [1.165, 1.54) is 40.6 Å². The first-order valence-electron chi connectivity index (χ1n) is 26.0. The molecule has 0 aromatic heterocycles. The summed E-state index contributed by atoms with van der Waals surface area (Å²) in [5, 5.41) is 16.2. The number of sulfonamides is 1. The minimum Gasteiger partial charge on any atom is -0.461 e. The first-order valence-corrected chi connectivity index (χ1v) is 28.9. The topological polar surface area (TPSA) is 184 Å². The molecule has 0 bridgehead atoms. The number of nitrogens with zero attached hydrogens (tertiary/aromatic N) is 5. The van der Waals surface area contributed by atoms with Gasteiger partial charge in [0.15, 0.2) is 0 Å². The highest BCUT2D eigenvalue weighted by atomic mass is 35.5. The van der Waals surface area contributed by atoms with Crippen molar-refractivity contribution in [3.05, 3.63) is 165 Å². The highest BCUT2D eigenvalue weighted by Crippen LogP contribution is 2.44. The van der Waals surface area contributed by atoms with Crippen molar-refractivity contribution in [2.75, 3.05) is 81.4 Å². The van der Waals surface area contributed by atoms with Crippen molar-refractivity contribution < 1.29 is 37.2 Å². The first kappa shape index (κ1) is 56.8. The summed E-state index contributed by atoms with van der Waals surface area (Å²) in [6, 6.07) is 36.3. The summed E-state index contributed by atoms with van der Waals surface area (Å²) in [4.78, 5) is 60.5. The van der Waals surface area contributed by atoms with Crippen LogP contribution < -0.4 is 14.9 Å². The van der Waals surface area contributed by atoms with Gasteiger partial charge in [0.25, 0.3) is 21.6 Å². The Kier molecular flexibility index (Phi) is 18.7. The molecule has 2 heterocycles. The van der Waals surface area contributed by atoms with Crippen LogP contribution in [-0.2, 0) is 30.9 Å². The van der Waals surface area contributed by atoms with Gasteiger partial charge in [0.2, 0.25) is 0 Å². The molecule has 2 aliphatic heterocycles. The maximum Gasteiger partial charge on any atom is 0.410 e. The molecule has 77 heavy (non-hydrogen) atoms. The number of ether oxygens (including phenoxy) is 2. The summed E-state index contributed by atoms with van der Waals surface area (Å²) >= 11 is 7.78. The number of nitrogens with one attached hydrogen (secondary N) is 2. The van der Waals surface area contributed by atoms with E-state index in [4.69, 9.17) is 21.1 Å². The van der Waals surface area contributed by atoms with Crippen molar-refractivity contribution in [3.8, 4) is 0 Å². The van der Waals surface area contributed by atoms with Gasteiger partial charge in [-0.15, -0.1) is 11.8 Å². The lowest BCUT2D eigenvalue weighted by molar-refractivity contribution is -0.384. The standard InChI is InChI=1S/C58H68ClN7O9S2/c1-57(2,3)75-56(69)65-33-29-63(30-34-65)41-58(4)26-25-51(43-15-19-46(59)20-16-43)45(37-58)38-62-27-31-64(32-28-62)48-21-17-44(18-22-48)55(68)61-77(72,73)50-23-24-52(53(36-50)66(70)71)60-47(40-76-49-13-9-6-10-14-49)35-54(67)74-39-42-11-7-5-8-12-42/h5-24,36,47,60H,25-35,37-41H2,1-4H3,(H,61,68)/t47-,58-/m1/s1. The maximum absolute atomic E-state index is 13.6. The molecule has 2 saturated heterocycles. The Morgan fingerprint density at radius 2 is 1.48 bits per heavy atom. The van der Waals surface area contributed by atoms with E-state index >= 15 is 0 Å². The number of rotatable bonds is 19. The third kappa shape index (κ3) is 16.1. The first-order chi connectivity index (χ1) is 36.8. The molecule has 2 atom stereocenters. The molecule has 0 radical (unpaired) electrons. The highest BCUT2D eigenvalue weighted by Gasteiger charge is 2.36. The van der Waals surface area contributed by atoms with Gasteiger partial charge in [0.05, 0.1) is 16.2 Å². The molecule has 5 aromatic carbocycles. The van der Waals surface area contributed by atoms with E-state index in [0.29, 0.717) is 23.9 Å². The third-order valence-corrected chi connectivity index (χ3v) is 16.8. The average molecular weight is 1110 g/mol. The van der Waals surface area contributed by atoms with Crippen molar-refractivity contribution in [2.24, 2.45) is 5.41 Å². The average Bonchev–Trinajstić information content (AvgIpc) is 3.41. The number of hydrogen-bond donors (Lipinski definition) is 2. The lowest BCUT2D eigenvalue weighted by Gasteiger charge is -2.44. The van der Waals surface area contributed by atoms with Crippen LogP contribution in [0.5, 0.6) is 0 Å². The molecule has 2 N–H and O–H groups in total. The van der Waals surface area contributed by atoms with Crippen LogP contribution in [0.2, 0.25) is 5.02 Å². The molecule has 19 heteroatoms. The molecular weight excluding hydrogens is 1040 g/mol. The quantitative estimate of drug-likeness (QED) is 0.0345. The Labute approximate surface area is 461 Å². The molecule has 16 nitrogen and oxygen atoms in total. The zero-order valence-corrected chi connectivity index (χ0v) is 46.5. The van der Waals surface area contributed by atoms with Crippen molar-refractivity contribution in [1.29, 1.82) is 0 Å². The number of allylic oxidation sites excluding steroid dienone is 1. The van der Waals surface area contributed by atoms with Gasteiger partial charge in [-0.1, -0.05) is 84.8 Å². The fourth-order valence-electron chi connectivity index (χ4n) is 10.1. The van der Waals surface area contributed by atoms with Crippen LogP contribution in [0, 0.1) is 15.5 Å². The van der Waals surface area contributed by atoms with E-state index in [1.807, 2.05) is 98.5 Å². The van der Waals surface area contributed by atoms with E-state index in [9.17, 15) is 32.9 Å². The second-order valence-electron chi connectivity index (χ2n) is 21.3. The number of piperazine rings is 2. The van der Waals surface area contributed by atoms with Crippen LogP contribution in [0.3, 0.4) is 0 Å². The molecule has 2 fully saturated rings. The number of esters is 1. The van der Waals surface area contributed by atoms with E-state index < -0.39 is 49.0 Å². The van der Waals surface area contributed by atoms with Crippen molar-refractivity contribution in [2.45, 2.75) is 81.4 Å². The van der Waals surface area contributed by atoms with Crippen molar-refractivity contribution >= 4 is 74.0 Å². The third-order valence-electron chi connectivity index (χ3n) is 14.1. The van der Waals surface area contributed by atoms with Gasteiger partial charge in [0, 0.05) is 104 Å². The Balaban J connectivity index is 0.867. The number of anilines is 2. The van der Waals surface area contributed by atoms with E-state index in [0.717, 1.165) is 93.8 Å². The molecule has 0 spiro atoms. The Bertz CT molecular complexity index is 3000. The number of amides is 2. The Morgan fingerprint density at radius 1 is 0.831 bits per heavy atom. The zero-order valence-electron chi connectivity index (χ0n) is 44.1. The van der Waals surface area contributed by atoms with Crippen LogP contribution in [0.15, 0.2) is 143 Å². The number of thioether (sulfide) groups is 1. The van der Waals surface area contributed by atoms with Gasteiger partial charge in [-0.05, 0) is 123 Å². The lowest BCUT2D eigenvalue weighted by atomic mass is 9.71. The van der Waals surface area contributed by atoms with E-state index in [1.54, 1.807) is 24.3 Å². The number of carbonyl (C=O) groups excluding carboxylic acids is 3. The van der Waals surface area contributed by atoms with Crippen molar-refractivity contribution in [3.63, 3.8) is 0 Å². The fraction of sp³-hybridized carbons (Fsp3) is 0.397. The van der Waals surface area contributed by atoms with Crippen LogP contribution in [0.25, 0.3) is 5.57 Å². The summed E-state index contributed by atoms with van der Waals surface area (Å²) < 4.78 is 40.5. The van der Waals surface area contributed by atoms with Gasteiger partial charge in [-0.2, -0.15) is 0 Å². The predicted molar refractivity (Wildman–Crippen MR) is 303 cm³/mol. The van der Waals surface area contributed by atoms with Crippen LogP contribution >= 0.6 is 23.4 Å². The van der Waals surface area contributed by atoms with Gasteiger partial charge in [0.1, 0.15) is 17.9 Å². The van der Waals surface area contributed by atoms with E-state index in [2.05, 4.69) is 43.8 Å². The SMILES string of the molecule is CC(C)(C)OC(=O)N1CCN(C[C@]2(C)CCC(c3ccc(Cl)cc3)=C(CN3CCN(c4ccc(C(=O)NS(=O)(=O)c5ccc(N[C@@H](CSc6ccccc6)CC(=O)OCc6ccccc6)c([N+](=O)[O-])c5)cc4)CC3)C2)CC1. The van der Waals surface area contributed by atoms with Crippen LogP contribution in [-0.4, -0.2) is 129 Å². The monoisotopic (exact) mass is 1110 g/mol. The van der Waals surface area contributed by atoms with E-state index in [-0.39, 0.29) is 35.8 Å². The summed E-state index contributed by atoms with van der Waals surface area (Å²) in [5.41, 5.74) is 4.82. The number of halogens is 1. The Hall–Kier alpha value is -6.44. The fourth-order valence-corrected chi connectivity index (χ4v) is 12.2. The molecular formula is C58H68ClN7O9S2. The second-order valence-corrected chi connectivity index (χ2v) is 24.5. The minimum absolute atomic E-state index is 0.00283. The normalized spacial score (nSPS) is 18.1. The summed E-state index contributed by atoms with van der Waals surface area (Å²) in [5.74, 6) is -1.07. The number of nitro groups is 1. The molecule has 5 aromatic rings. The number of nitro benzene ring substituents is 1. The van der Waals surface area contributed by atoms with Gasteiger partial charge in [-0.25, -0.2) is 17.9 Å². The van der Waals surface area contributed by atoms with Crippen molar-refractivity contribution in [1.82, 2.24) is 19.4 Å². The number of carbonyl (C=O) groups is 3. The van der Waals surface area contributed by atoms with Gasteiger partial charge in [-0.3, -0.25) is 29.5 Å². The van der Waals surface area contributed by atoms with Crippen LogP contribution in [0.1, 0.15) is 74.9 Å². The largest absolute Gasteiger partial charge is 0.461 e. The zero-order chi connectivity index (χ0) is 54.7. The smallest absolute Gasteiger partial charge is 0.410 e. The number of benzene rings is 5. The predicted octanol–water partition coefficient (Wildman–Crippen LogP) is 10.4. The molecule has 0 unspecified atom stereocenters. The van der Waals surface area contributed by atoms with Gasteiger partial charge < -0.3 is 24.6 Å². The minimum atomic E-state index is -4.56. The molecule has 408 valence electrons. The molecule has 3 aliphatic rings. The number of hydrogen-bond acceptors (Lipinski definition) is 14. The van der Waals surface area contributed by atoms with Crippen LogP contribution in [0.4, 0.5) is 21.9 Å². The highest BCUT2D eigenvalue weighted by molar-refractivity contribution is 7.99.